The van der Waals surface area contributed by atoms with Gasteiger partial charge in [0.25, 0.3) is 5.91 Å². The van der Waals surface area contributed by atoms with E-state index in [2.05, 4.69) is 18.8 Å². The van der Waals surface area contributed by atoms with Crippen molar-refractivity contribution in [3.63, 3.8) is 0 Å². The van der Waals surface area contributed by atoms with Gasteiger partial charge in [0.1, 0.15) is 0 Å². The van der Waals surface area contributed by atoms with Crippen LogP contribution in [0.3, 0.4) is 0 Å². The summed E-state index contributed by atoms with van der Waals surface area (Å²) in [5, 5.41) is 0. The van der Waals surface area contributed by atoms with Crippen LogP contribution in [0.1, 0.15) is 55.6 Å². The third kappa shape index (κ3) is 3.01. The fraction of sp³-hybridized carbons (Fsp3) is 0.667. The third-order valence-electron chi connectivity index (χ3n) is 5.61. The lowest BCUT2D eigenvalue weighted by atomic mass is 9.72. The molecule has 5 heteroatoms. The molecule has 0 aromatic carbocycles. The van der Waals surface area contributed by atoms with Gasteiger partial charge in [0.2, 0.25) is 5.91 Å². The van der Waals surface area contributed by atoms with Crippen molar-refractivity contribution in [2.75, 3.05) is 19.6 Å². The van der Waals surface area contributed by atoms with Crippen LogP contribution in [0.25, 0.3) is 0 Å². The Morgan fingerprint density at radius 1 is 1.26 bits per heavy atom. The van der Waals surface area contributed by atoms with Crippen LogP contribution in [0.2, 0.25) is 0 Å². The molecule has 0 atom stereocenters. The first kappa shape index (κ1) is 16.1. The first-order valence-corrected chi connectivity index (χ1v) is 8.65. The lowest BCUT2D eigenvalue weighted by Gasteiger charge is -2.48. The molecule has 2 amide bonds. The van der Waals surface area contributed by atoms with Crippen LogP contribution in [0.15, 0.2) is 12.3 Å². The van der Waals surface area contributed by atoms with Crippen molar-refractivity contribution in [3.8, 4) is 0 Å². The molecule has 1 aromatic heterocycles. The Morgan fingerprint density at radius 2 is 1.96 bits per heavy atom. The Balaban J connectivity index is 1.65. The number of H-pyrrole nitrogens is 1. The summed E-state index contributed by atoms with van der Waals surface area (Å²) in [5.41, 5.74) is 1.93. The van der Waals surface area contributed by atoms with Gasteiger partial charge in [0.05, 0.1) is 5.56 Å². The van der Waals surface area contributed by atoms with Gasteiger partial charge in [-0.1, -0.05) is 0 Å². The average Bonchev–Trinajstić information content (AvgIpc) is 2.96. The summed E-state index contributed by atoms with van der Waals surface area (Å²) in [6.45, 7) is 8.56. The minimum atomic E-state index is 0.131. The van der Waals surface area contributed by atoms with E-state index in [1.54, 1.807) is 0 Å². The van der Waals surface area contributed by atoms with E-state index in [4.69, 9.17) is 0 Å². The quantitative estimate of drug-likeness (QED) is 0.911. The molecule has 0 saturated carbocycles. The van der Waals surface area contributed by atoms with Crippen LogP contribution in [0, 0.1) is 12.3 Å². The number of nitrogens with zero attached hydrogens (tertiary/aromatic N) is 2. The highest BCUT2D eigenvalue weighted by atomic mass is 16.2. The van der Waals surface area contributed by atoms with Crippen molar-refractivity contribution in [3.05, 3.63) is 23.5 Å². The number of likely N-dealkylation sites (tertiary alicyclic amines) is 2. The number of hydrogen-bond donors (Lipinski definition) is 1. The second-order valence-corrected chi connectivity index (χ2v) is 7.42. The number of aromatic nitrogens is 1. The highest BCUT2D eigenvalue weighted by Gasteiger charge is 2.42. The number of carbonyl (C=O) groups is 2. The molecule has 3 heterocycles. The number of carbonyl (C=O) groups excluding carboxylic acids is 2. The van der Waals surface area contributed by atoms with Crippen molar-refractivity contribution in [1.82, 2.24) is 14.8 Å². The molecule has 126 valence electrons. The number of nitrogens with one attached hydrogen (secondary N) is 1. The lowest BCUT2D eigenvalue weighted by Crippen LogP contribution is -2.54. The zero-order valence-corrected chi connectivity index (χ0v) is 14.4. The van der Waals surface area contributed by atoms with Crippen molar-refractivity contribution in [2.24, 2.45) is 5.41 Å². The van der Waals surface area contributed by atoms with Crippen molar-refractivity contribution < 1.29 is 9.59 Å². The summed E-state index contributed by atoms with van der Waals surface area (Å²) in [6.07, 6.45) is 5.45. The van der Waals surface area contributed by atoms with Crippen molar-refractivity contribution in [1.29, 1.82) is 0 Å². The van der Waals surface area contributed by atoms with Crippen molar-refractivity contribution in [2.45, 2.75) is 52.5 Å². The Kier molecular flexibility index (Phi) is 4.21. The maximum absolute atomic E-state index is 12.6. The summed E-state index contributed by atoms with van der Waals surface area (Å²) in [6, 6.07) is 2.13. The van der Waals surface area contributed by atoms with E-state index >= 15 is 0 Å². The maximum Gasteiger partial charge on any atom is 0.255 e. The van der Waals surface area contributed by atoms with E-state index in [9.17, 15) is 9.59 Å². The molecule has 1 spiro atoms. The molecule has 0 radical (unpaired) electrons. The zero-order chi connectivity index (χ0) is 16.6. The number of amides is 2. The number of aromatic amines is 1. The summed E-state index contributed by atoms with van der Waals surface area (Å²) in [7, 11) is 0. The Labute approximate surface area is 138 Å². The van der Waals surface area contributed by atoms with Gasteiger partial charge in [0.15, 0.2) is 0 Å². The molecule has 3 rings (SSSR count). The highest BCUT2D eigenvalue weighted by Crippen LogP contribution is 2.41. The predicted molar refractivity (Wildman–Crippen MR) is 89.2 cm³/mol. The molecule has 2 fully saturated rings. The third-order valence-corrected chi connectivity index (χ3v) is 5.61. The Hall–Kier alpha value is -1.78. The highest BCUT2D eigenvalue weighted by molar-refractivity contribution is 5.95. The summed E-state index contributed by atoms with van der Waals surface area (Å²) >= 11 is 0. The first-order valence-electron chi connectivity index (χ1n) is 8.65. The van der Waals surface area contributed by atoms with Gasteiger partial charge < -0.3 is 14.8 Å². The first-order chi connectivity index (χ1) is 10.9. The minimum absolute atomic E-state index is 0.131. The van der Waals surface area contributed by atoms with Crippen molar-refractivity contribution >= 4 is 11.8 Å². The SMILES string of the molecule is Cc1[nH]ccc1C(=O)N1CCC2(CCC(=O)N(C(C)C)C2)CC1. The lowest BCUT2D eigenvalue weighted by molar-refractivity contribution is -0.141. The van der Waals surface area contributed by atoms with Gasteiger partial charge in [-0.15, -0.1) is 0 Å². The average molecular weight is 317 g/mol. The van der Waals surface area contributed by atoms with Crippen LogP contribution in [-0.4, -0.2) is 52.3 Å². The van der Waals surface area contributed by atoms with Gasteiger partial charge in [-0.3, -0.25) is 9.59 Å². The smallest absolute Gasteiger partial charge is 0.255 e. The molecule has 23 heavy (non-hydrogen) atoms. The molecule has 1 N–H and O–H groups in total. The van der Waals surface area contributed by atoms with E-state index in [0.717, 1.165) is 50.2 Å². The fourth-order valence-electron chi connectivity index (χ4n) is 3.96. The Bertz CT molecular complexity index is 597. The standard InChI is InChI=1S/C18H27N3O2/c1-13(2)21-12-18(6-4-16(21)22)7-10-20(11-8-18)17(23)15-5-9-19-14(15)3/h5,9,13,19H,4,6-8,10-12H2,1-3H3. The predicted octanol–water partition coefficient (Wildman–Crippen LogP) is 2.58. The summed E-state index contributed by atoms with van der Waals surface area (Å²) in [4.78, 5) is 31.8. The molecule has 2 aliphatic heterocycles. The second kappa shape index (κ2) is 6.02. The molecule has 2 saturated heterocycles. The van der Waals surface area contributed by atoms with Crippen LogP contribution < -0.4 is 0 Å². The molecule has 0 aliphatic carbocycles. The largest absolute Gasteiger partial charge is 0.365 e. The molecule has 0 unspecified atom stereocenters. The van der Waals surface area contributed by atoms with Crippen LogP contribution in [-0.2, 0) is 4.79 Å². The maximum atomic E-state index is 12.6. The number of aryl methyl sites for hydroxylation is 1. The molecular weight excluding hydrogens is 290 g/mol. The van der Waals surface area contributed by atoms with Gasteiger partial charge in [-0.2, -0.15) is 0 Å². The second-order valence-electron chi connectivity index (χ2n) is 7.42. The van der Waals surface area contributed by atoms with Gasteiger partial charge in [-0.25, -0.2) is 0 Å². The fourth-order valence-corrected chi connectivity index (χ4v) is 3.96. The monoisotopic (exact) mass is 317 g/mol. The van der Waals surface area contributed by atoms with E-state index in [0.29, 0.717) is 6.42 Å². The summed E-state index contributed by atoms with van der Waals surface area (Å²) < 4.78 is 0. The summed E-state index contributed by atoms with van der Waals surface area (Å²) in [5.74, 6) is 0.415. The molecule has 5 nitrogen and oxygen atoms in total. The van der Waals surface area contributed by atoms with Crippen LogP contribution in [0.5, 0.6) is 0 Å². The normalized spacial score (nSPS) is 21.3. The van der Waals surface area contributed by atoms with Gasteiger partial charge in [-0.05, 0) is 51.5 Å². The zero-order valence-electron chi connectivity index (χ0n) is 14.4. The number of hydrogen-bond acceptors (Lipinski definition) is 2. The number of piperidine rings is 2. The molecule has 0 bridgehead atoms. The molecule has 1 aromatic rings. The van der Waals surface area contributed by atoms with Gasteiger partial charge >= 0.3 is 0 Å². The Morgan fingerprint density at radius 3 is 2.52 bits per heavy atom. The minimum Gasteiger partial charge on any atom is -0.365 e. The van der Waals surface area contributed by atoms with Gasteiger partial charge in [0, 0.05) is 44.0 Å². The van der Waals surface area contributed by atoms with E-state index in [1.807, 2.05) is 29.0 Å². The number of rotatable bonds is 2. The topological polar surface area (TPSA) is 56.4 Å². The molecular formula is C18H27N3O2. The van der Waals surface area contributed by atoms with E-state index in [-0.39, 0.29) is 23.3 Å². The van der Waals surface area contributed by atoms with E-state index in [1.165, 1.54) is 0 Å². The van der Waals surface area contributed by atoms with Crippen LogP contribution >= 0.6 is 0 Å². The molecule has 2 aliphatic rings. The van der Waals surface area contributed by atoms with E-state index < -0.39 is 0 Å². The van der Waals surface area contributed by atoms with Crippen LogP contribution in [0.4, 0.5) is 0 Å².